The zero-order valence-corrected chi connectivity index (χ0v) is 11.8. The fraction of sp³-hybridized carbons (Fsp3) is 0.562. The van der Waals surface area contributed by atoms with Crippen molar-refractivity contribution in [3.05, 3.63) is 35.9 Å². The molecule has 1 aliphatic rings. The number of hydrogen-bond acceptors (Lipinski definition) is 2. The number of carbonyl (C=O) groups excluding carboxylic acids is 1. The molecule has 0 aromatic heterocycles. The molecule has 1 heterocycles. The Morgan fingerprint density at radius 1 is 1.32 bits per heavy atom. The number of aryl methyl sites for hydroxylation is 1. The van der Waals surface area contributed by atoms with Crippen molar-refractivity contribution in [3.8, 4) is 0 Å². The van der Waals surface area contributed by atoms with Gasteiger partial charge in [-0.15, -0.1) is 0 Å². The van der Waals surface area contributed by atoms with Gasteiger partial charge in [0.1, 0.15) is 0 Å². The summed E-state index contributed by atoms with van der Waals surface area (Å²) in [6.45, 7) is 2.83. The molecular weight excluding hydrogens is 236 g/mol. The largest absolute Gasteiger partial charge is 0.355 e. The fourth-order valence-electron chi connectivity index (χ4n) is 2.68. The monoisotopic (exact) mass is 260 g/mol. The lowest BCUT2D eigenvalue weighted by Gasteiger charge is -2.22. The smallest absolute Gasteiger partial charge is 0.220 e. The van der Waals surface area contributed by atoms with E-state index in [-0.39, 0.29) is 5.91 Å². The molecule has 0 radical (unpaired) electrons. The van der Waals surface area contributed by atoms with Gasteiger partial charge in [-0.3, -0.25) is 4.79 Å². The standard InChI is InChI=1S/C16H24N2O/c1-18-12-11-17-16(19)10-9-15(13-18)8-7-14-5-3-2-4-6-14/h2-6,15H,7-13H2,1H3,(H,17,19)/t15-/m1/s1. The van der Waals surface area contributed by atoms with Crippen LogP contribution < -0.4 is 5.32 Å². The minimum absolute atomic E-state index is 0.208. The average Bonchev–Trinajstić information content (AvgIpc) is 2.49. The summed E-state index contributed by atoms with van der Waals surface area (Å²) in [5.41, 5.74) is 1.40. The lowest BCUT2D eigenvalue weighted by atomic mass is 9.94. The SMILES string of the molecule is CN1CCNC(=O)CC[C@@H](CCc2ccccc2)C1. The van der Waals surface area contributed by atoms with Crippen LogP contribution in [0.3, 0.4) is 0 Å². The number of nitrogens with one attached hydrogen (secondary N) is 1. The van der Waals surface area contributed by atoms with E-state index < -0.39 is 0 Å². The van der Waals surface area contributed by atoms with Gasteiger partial charge in [0.25, 0.3) is 0 Å². The second-order valence-electron chi connectivity index (χ2n) is 5.54. The highest BCUT2D eigenvalue weighted by molar-refractivity contribution is 5.75. The van der Waals surface area contributed by atoms with Crippen LogP contribution in [0, 0.1) is 5.92 Å². The number of rotatable bonds is 3. The molecule has 104 valence electrons. The highest BCUT2D eigenvalue weighted by Gasteiger charge is 2.16. The van der Waals surface area contributed by atoms with Crippen LogP contribution in [0.1, 0.15) is 24.8 Å². The molecule has 1 atom stereocenters. The van der Waals surface area contributed by atoms with Crippen LogP contribution in [-0.2, 0) is 11.2 Å². The first-order valence-electron chi connectivity index (χ1n) is 7.23. The molecular formula is C16H24N2O. The number of benzene rings is 1. The third-order valence-corrected chi connectivity index (χ3v) is 3.85. The number of hydrogen-bond donors (Lipinski definition) is 1. The van der Waals surface area contributed by atoms with Crippen LogP contribution in [0.4, 0.5) is 0 Å². The summed E-state index contributed by atoms with van der Waals surface area (Å²) in [5, 5.41) is 2.97. The molecule has 1 amide bonds. The topological polar surface area (TPSA) is 32.3 Å². The van der Waals surface area contributed by atoms with Crippen LogP contribution in [0.25, 0.3) is 0 Å². The second-order valence-corrected chi connectivity index (χ2v) is 5.54. The molecule has 3 heteroatoms. The first kappa shape index (κ1) is 14.1. The van der Waals surface area contributed by atoms with Gasteiger partial charge in [-0.2, -0.15) is 0 Å². The van der Waals surface area contributed by atoms with Crippen molar-refractivity contribution in [2.24, 2.45) is 5.92 Å². The summed E-state index contributed by atoms with van der Waals surface area (Å²) in [7, 11) is 2.15. The maximum Gasteiger partial charge on any atom is 0.220 e. The van der Waals surface area contributed by atoms with E-state index in [4.69, 9.17) is 0 Å². The van der Waals surface area contributed by atoms with Gasteiger partial charge in [0.15, 0.2) is 0 Å². The minimum Gasteiger partial charge on any atom is -0.355 e. The lowest BCUT2D eigenvalue weighted by Crippen LogP contribution is -2.32. The van der Waals surface area contributed by atoms with E-state index in [0.717, 1.165) is 32.5 Å². The van der Waals surface area contributed by atoms with Gasteiger partial charge in [-0.25, -0.2) is 0 Å². The molecule has 0 spiro atoms. The Bertz CT molecular complexity index is 391. The van der Waals surface area contributed by atoms with Crippen molar-refractivity contribution < 1.29 is 4.79 Å². The van der Waals surface area contributed by atoms with Crippen molar-refractivity contribution in [3.63, 3.8) is 0 Å². The van der Waals surface area contributed by atoms with Gasteiger partial charge < -0.3 is 10.2 Å². The fourth-order valence-corrected chi connectivity index (χ4v) is 2.68. The molecule has 1 aromatic carbocycles. The van der Waals surface area contributed by atoms with E-state index in [9.17, 15) is 4.79 Å². The van der Waals surface area contributed by atoms with Crippen molar-refractivity contribution in [1.82, 2.24) is 10.2 Å². The maximum absolute atomic E-state index is 11.6. The molecule has 2 rings (SSSR count). The highest BCUT2D eigenvalue weighted by atomic mass is 16.1. The van der Waals surface area contributed by atoms with E-state index >= 15 is 0 Å². The predicted molar refractivity (Wildman–Crippen MR) is 78.0 cm³/mol. The van der Waals surface area contributed by atoms with Crippen LogP contribution in [0.15, 0.2) is 30.3 Å². The molecule has 1 saturated heterocycles. The molecule has 19 heavy (non-hydrogen) atoms. The molecule has 1 aliphatic heterocycles. The summed E-state index contributed by atoms with van der Waals surface area (Å²) < 4.78 is 0. The average molecular weight is 260 g/mol. The molecule has 0 aliphatic carbocycles. The normalized spacial score (nSPS) is 22.2. The number of amides is 1. The van der Waals surface area contributed by atoms with Crippen LogP contribution >= 0.6 is 0 Å². The molecule has 0 unspecified atom stereocenters. The Morgan fingerprint density at radius 2 is 2.11 bits per heavy atom. The number of nitrogens with zero attached hydrogens (tertiary/aromatic N) is 1. The van der Waals surface area contributed by atoms with Gasteiger partial charge >= 0.3 is 0 Å². The van der Waals surface area contributed by atoms with Crippen molar-refractivity contribution in [2.45, 2.75) is 25.7 Å². The van der Waals surface area contributed by atoms with E-state index in [1.54, 1.807) is 0 Å². The molecule has 1 N–H and O–H groups in total. The Morgan fingerprint density at radius 3 is 2.89 bits per heavy atom. The zero-order chi connectivity index (χ0) is 13.5. The summed E-state index contributed by atoms with van der Waals surface area (Å²) in [5.74, 6) is 0.828. The summed E-state index contributed by atoms with van der Waals surface area (Å²) >= 11 is 0. The lowest BCUT2D eigenvalue weighted by molar-refractivity contribution is -0.121. The van der Waals surface area contributed by atoms with Crippen LogP contribution in [-0.4, -0.2) is 37.5 Å². The van der Waals surface area contributed by atoms with Crippen LogP contribution in [0.2, 0.25) is 0 Å². The summed E-state index contributed by atoms with van der Waals surface area (Å²) in [6.07, 6.45) is 3.96. The third kappa shape index (κ3) is 5.03. The van der Waals surface area contributed by atoms with Crippen LogP contribution in [0.5, 0.6) is 0 Å². The Labute approximate surface area is 116 Å². The predicted octanol–water partition coefficient (Wildman–Crippen LogP) is 2.08. The van der Waals surface area contributed by atoms with Crippen molar-refractivity contribution in [1.29, 1.82) is 0 Å². The highest BCUT2D eigenvalue weighted by Crippen LogP contribution is 2.17. The molecule has 0 bridgehead atoms. The summed E-state index contributed by atoms with van der Waals surface area (Å²) in [4.78, 5) is 13.9. The molecule has 1 fully saturated rings. The van der Waals surface area contributed by atoms with Crippen molar-refractivity contribution >= 4 is 5.91 Å². The van der Waals surface area contributed by atoms with E-state index in [1.165, 1.54) is 12.0 Å². The van der Waals surface area contributed by atoms with Gasteiger partial charge in [-0.05, 0) is 37.8 Å². The van der Waals surface area contributed by atoms with E-state index in [1.807, 2.05) is 0 Å². The van der Waals surface area contributed by atoms with Gasteiger partial charge in [0, 0.05) is 26.1 Å². The van der Waals surface area contributed by atoms with Crippen molar-refractivity contribution in [2.75, 3.05) is 26.7 Å². The Balaban J connectivity index is 1.87. The second kappa shape index (κ2) is 7.29. The third-order valence-electron chi connectivity index (χ3n) is 3.85. The minimum atomic E-state index is 0.208. The first-order valence-corrected chi connectivity index (χ1v) is 7.23. The quantitative estimate of drug-likeness (QED) is 0.902. The van der Waals surface area contributed by atoms with Gasteiger partial charge in [-0.1, -0.05) is 30.3 Å². The van der Waals surface area contributed by atoms with E-state index in [2.05, 4.69) is 47.6 Å². The zero-order valence-electron chi connectivity index (χ0n) is 11.8. The number of likely N-dealkylation sites (N-methyl/N-ethyl adjacent to an activating group) is 1. The number of carbonyl (C=O) groups is 1. The molecule has 1 aromatic rings. The maximum atomic E-state index is 11.6. The summed E-state index contributed by atoms with van der Waals surface area (Å²) in [6, 6.07) is 10.6. The Hall–Kier alpha value is -1.35. The molecule has 0 saturated carbocycles. The van der Waals surface area contributed by atoms with Gasteiger partial charge in [0.05, 0.1) is 0 Å². The molecule has 3 nitrogen and oxygen atoms in total. The van der Waals surface area contributed by atoms with E-state index in [0.29, 0.717) is 12.3 Å². The van der Waals surface area contributed by atoms with Gasteiger partial charge in [0.2, 0.25) is 5.91 Å². The first-order chi connectivity index (χ1) is 9.24. The Kier molecular flexibility index (Phi) is 5.40.